The van der Waals surface area contributed by atoms with Gasteiger partial charge in [-0.1, -0.05) is 12.1 Å². The molecule has 2 aromatic heterocycles. The molecular weight excluding hydrogens is 316 g/mol. The van der Waals surface area contributed by atoms with E-state index in [1.165, 1.54) is 0 Å². The Labute approximate surface area is 147 Å². The molecule has 2 aliphatic heterocycles. The summed E-state index contributed by atoms with van der Waals surface area (Å²) in [7, 11) is 0. The minimum Gasteiger partial charge on any atom is -0.371 e. The molecule has 1 amide bonds. The zero-order valence-corrected chi connectivity index (χ0v) is 14.0. The van der Waals surface area contributed by atoms with Gasteiger partial charge in [-0.3, -0.25) is 19.7 Å². The number of nitrogens with one attached hydrogen (secondary N) is 1. The van der Waals surface area contributed by atoms with Crippen LogP contribution < -0.4 is 5.32 Å². The first-order valence-electron chi connectivity index (χ1n) is 8.72. The van der Waals surface area contributed by atoms with E-state index in [9.17, 15) is 4.79 Å². The molecule has 4 heterocycles. The summed E-state index contributed by atoms with van der Waals surface area (Å²) in [6.07, 6.45) is 6.22. The van der Waals surface area contributed by atoms with E-state index in [-0.39, 0.29) is 24.0 Å². The maximum atomic E-state index is 12.6. The third kappa shape index (κ3) is 3.86. The number of hydrogen-bond donors (Lipinski definition) is 1. The molecule has 130 valence electrons. The molecule has 6 nitrogen and oxygen atoms in total. The summed E-state index contributed by atoms with van der Waals surface area (Å²) in [5.41, 5.74) is 2.07. The summed E-state index contributed by atoms with van der Waals surface area (Å²) in [5.74, 6) is 0.00597. The van der Waals surface area contributed by atoms with Crippen molar-refractivity contribution in [2.45, 2.75) is 31.7 Å². The number of morpholine rings is 1. The van der Waals surface area contributed by atoms with Crippen LogP contribution in [0.4, 0.5) is 0 Å². The van der Waals surface area contributed by atoms with Crippen LogP contribution in [0.2, 0.25) is 0 Å². The fourth-order valence-corrected chi connectivity index (χ4v) is 3.69. The van der Waals surface area contributed by atoms with Crippen LogP contribution in [-0.4, -0.2) is 46.1 Å². The van der Waals surface area contributed by atoms with E-state index in [1.54, 1.807) is 12.4 Å². The number of amides is 1. The standard InChI is InChI=1S/C19H22N4O2/c24-19(22-10-14-4-3-6-20-9-14)17-8-16-12-23(13-18(17)25-16)11-15-5-1-2-7-21-15/h1-7,9,16-18H,8,10-13H2,(H,22,24)/t16-,17+,18+/m0/s1. The highest BCUT2D eigenvalue weighted by Gasteiger charge is 2.44. The lowest BCUT2D eigenvalue weighted by molar-refractivity contribution is -0.128. The van der Waals surface area contributed by atoms with E-state index >= 15 is 0 Å². The van der Waals surface area contributed by atoms with Crippen LogP contribution in [0.5, 0.6) is 0 Å². The monoisotopic (exact) mass is 338 g/mol. The predicted molar refractivity (Wildman–Crippen MR) is 92.4 cm³/mol. The Kier molecular flexibility index (Phi) is 4.72. The van der Waals surface area contributed by atoms with E-state index in [4.69, 9.17) is 4.74 Å². The van der Waals surface area contributed by atoms with Gasteiger partial charge >= 0.3 is 0 Å². The van der Waals surface area contributed by atoms with Crippen LogP contribution >= 0.6 is 0 Å². The quantitative estimate of drug-likeness (QED) is 0.892. The van der Waals surface area contributed by atoms with Gasteiger partial charge in [0.15, 0.2) is 0 Å². The minimum absolute atomic E-state index is 0.0311. The van der Waals surface area contributed by atoms with Crippen molar-refractivity contribution in [1.29, 1.82) is 0 Å². The first kappa shape index (κ1) is 16.2. The highest BCUT2D eigenvalue weighted by Crippen LogP contribution is 2.32. The summed E-state index contributed by atoms with van der Waals surface area (Å²) in [6.45, 7) is 2.96. The molecule has 0 radical (unpaired) electrons. The zero-order chi connectivity index (χ0) is 17.1. The Bertz CT molecular complexity index is 710. The molecule has 0 unspecified atom stereocenters. The molecule has 0 aliphatic carbocycles. The van der Waals surface area contributed by atoms with E-state index in [1.807, 2.05) is 36.5 Å². The average molecular weight is 338 g/mol. The van der Waals surface area contributed by atoms with E-state index < -0.39 is 0 Å². The molecule has 25 heavy (non-hydrogen) atoms. The van der Waals surface area contributed by atoms with E-state index in [2.05, 4.69) is 20.2 Å². The van der Waals surface area contributed by atoms with Gasteiger partial charge in [0.25, 0.3) is 0 Å². The molecular formula is C19H22N4O2. The summed E-state index contributed by atoms with van der Waals surface area (Å²) < 4.78 is 6.02. The van der Waals surface area contributed by atoms with Gasteiger partial charge in [-0.15, -0.1) is 0 Å². The third-order valence-electron chi connectivity index (χ3n) is 4.87. The van der Waals surface area contributed by atoms with E-state index in [0.717, 1.165) is 37.3 Å². The maximum absolute atomic E-state index is 12.6. The second-order valence-electron chi connectivity index (χ2n) is 6.73. The second kappa shape index (κ2) is 7.29. The number of carbonyl (C=O) groups excluding carboxylic acids is 1. The fraction of sp³-hybridized carbons (Fsp3) is 0.421. The number of nitrogens with zero attached hydrogens (tertiary/aromatic N) is 3. The molecule has 0 aromatic carbocycles. The van der Waals surface area contributed by atoms with Crippen LogP contribution in [0, 0.1) is 5.92 Å². The van der Waals surface area contributed by atoms with Crippen molar-refractivity contribution < 1.29 is 9.53 Å². The fourth-order valence-electron chi connectivity index (χ4n) is 3.69. The smallest absolute Gasteiger partial charge is 0.226 e. The molecule has 0 spiro atoms. The molecule has 6 heteroatoms. The van der Waals surface area contributed by atoms with Crippen molar-refractivity contribution in [2.75, 3.05) is 13.1 Å². The summed E-state index contributed by atoms with van der Waals surface area (Å²) in [4.78, 5) is 23.4. The van der Waals surface area contributed by atoms with Gasteiger partial charge in [0.05, 0.1) is 23.8 Å². The van der Waals surface area contributed by atoms with Crippen molar-refractivity contribution in [3.05, 3.63) is 60.2 Å². The van der Waals surface area contributed by atoms with Gasteiger partial charge in [0.2, 0.25) is 5.91 Å². The van der Waals surface area contributed by atoms with Crippen molar-refractivity contribution in [3.8, 4) is 0 Å². The van der Waals surface area contributed by atoms with Crippen LogP contribution in [0.3, 0.4) is 0 Å². The normalized spacial score (nSPS) is 25.7. The lowest BCUT2D eigenvalue weighted by Gasteiger charge is -2.32. The van der Waals surface area contributed by atoms with Crippen molar-refractivity contribution >= 4 is 5.91 Å². The van der Waals surface area contributed by atoms with E-state index in [0.29, 0.717) is 6.54 Å². The van der Waals surface area contributed by atoms with Crippen LogP contribution in [0.25, 0.3) is 0 Å². The highest BCUT2D eigenvalue weighted by atomic mass is 16.5. The van der Waals surface area contributed by atoms with Gasteiger partial charge in [-0.2, -0.15) is 0 Å². The van der Waals surface area contributed by atoms with Crippen LogP contribution in [-0.2, 0) is 22.6 Å². The number of fused-ring (bicyclic) bond motifs is 2. The first-order valence-corrected chi connectivity index (χ1v) is 8.72. The molecule has 2 aromatic rings. The lowest BCUT2D eigenvalue weighted by Crippen LogP contribution is -2.45. The van der Waals surface area contributed by atoms with Crippen LogP contribution in [0.15, 0.2) is 48.9 Å². The molecule has 0 saturated carbocycles. The summed E-state index contributed by atoms with van der Waals surface area (Å²) >= 11 is 0. The number of ether oxygens (including phenoxy) is 1. The molecule has 2 aliphatic rings. The Morgan fingerprint density at radius 3 is 3.00 bits per heavy atom. The molecule has 4 rings (SSSR count). The van der Waals surface area contributed by atoms with Crippen molar-refractivity contribution in [2.24, 2.45) is 5.92 Å². The third-order valence-corrected chi connectivity index (χ3v) is 4.87. The van der Waals surface area contributed by atoms with Crippen molar-refractivity contribution in [3.63, 3.8) is 0 Å². The second-order valence-corrected chi connectivity index (χ2v) is 6.73. The number of pyridine rings is 2. The van der Waals surface area contributed by atoms with Gasteiger partial charge in [0, 0.05) is 44.8 Å². The molecule has 2 bridgehead atoms. The Morgan fingerprint density at radius 1 is 1.24 bits per heavy atom. The Balaban J connectivity index is 1.33. The van der Waals surface area contributed by atoms with Gasteiger partial charge in [-0.05, 0) is 30.2 Å². The highest BCUT2D eigenvalue weighted by molar-refractivity contribution is 5.79. The number of rotatable bonds is 5. The lowest BCUT2D eigenvalue weighted by atomic mass is 9.99. The van der Waals surface area contributed by atoms with Crippen molar-refractivity contribution in [1.82, 2.24) is 20.2 Å². The average Bonchev–Trinajstić information content (AvgIpc) is 2.96. The Morgan fingerprint density at radius 2 is 2.20 bits per heavy atom. The minimum atomic E-state index is -0.0737. The number of carbonyl (C=O) groups is 1. The maximum Gasteiger partial charge on any atom is 0.226 e. The van der Waals surface area contributed by atoms with Gasteiger partial charge in [0.1, 0.15) is 0 Å². The first-order chi connectivity index (χ1) is 12.3. The SMILES string of the molecule is O=C(NCc1cccnc1)[C@@H]1C[C@H]2CN(Cc3ccccn3)C[C@H]1O2. The number of hydrogen-bond acceptors (Lipinski definition) is 5. The molecule has 2 fully saturated rings. The molecule has 2 saturated heterocycles. The predicted octanol–water partition coefficient (Wildman–Crippen LogP) is 1.38. The molecule has 1 N–H and O–H groups in total. The zero-order valence-electron chi connectivity index (χ0n) is 14.0. The van der Waals surface area contributed by atoms with Gasteiger partial charge in [-0.25, -0.2) is 0 Å². The topological polar surface area (TPSA) is 67.4 Å². The molecule has 3 atom stereocenters. The van der Waals surface area contributed by atoms with Gasteiger partial charge < -0.3 is 10.1 Å². The van der Waals surface area contributed by atoms with Crippen LogP contribution in [0.1, 0.15) is 17.7 Å². The summed E-state index contributed by atoms with van der Waals surface area (Å²) in [5, 5.41) is 3.03. The Hall–Kier alpha value is -2.31. The number of aromatic nitrogens is 2. The number of likely N-dealkylation sites (tertiary alicyclic amines) is 1. The largest absolute Gasteiger partial charge is 0.371 e. The summed E-state index contributed by atoms with van der Waals surface area (Å²) in [6, 6.07) is 9.81.